The molecule has 4 heterocycles. The molecule has 0 saturated heterocycles. The van der Waals surface area contributed by atoms with Crippen LogP contribution < -0.4 is 5.19 Å². The van der Waals surface area contributed by atoms with E-state index in [1.165, 1.54) is 32.8 Å². The molecule has 1 radical (unpaired) electrons. The van der Waals surface area contributed by atoms with Crippen LogP contribution in [0.25, 0.3) is 44.6 Å². The minimum Gasteiger partial charge on any atom is -0.486 e. The number of aromatic nitrogens is 3. The van der Waals surface area contributed by atoms with Crippen molar-refractivity contribution < 1.29 is 24.5 Å². The first-order valence-electron chi connectivity index (χ1n) is 15.7. The number of fused-ring (bicyclic) bond motifs is 3. The smallest absolute Gasteiger partial charge is 0.216 e. The van der Waals surface area contributed by atoms with Gasteiger partial charge in [-0.3, -0.25) is 0 Å². The van der Waals surface area contributed by atoms with E-state index in [0.29, 0.717) is 5.71 Å². The van der Waals surface area contributed by atoms with Gasteiger partial charge in [0.1, 0.15) is 0 Å². The van der Waals surface area contributed by atoms with Gasteiger partial charge in [-0.05, 0) is 64.9 Å². The van der Waals surface area contributed by atoms with Crippen molar-refractivity contribution in [2.75, 3.05) is 0 Å². The predicted octanol–water partition coefficient (Wildman–Crippen LogP) is 10.1. The van der Waals surface area contributed by atoms with E-state index in [9.17, 15) is 0 Å². The molecule has 2 aromatic carbocycles. The van der Waals surface area contributed by atoms with Crippen LogP contribution in [0, 0.1) is 26.0 Å². The maximum absolute atomic E-state index is 6.41. The molecule has 241 valence electrons. The molecule has 46 heavy (non-hydrogen) atoms. The fourth-order valence-electron chi connectivity index (χ4n) is 5.26. The van der Waals surface area contributed by atoms with Crippen LogP contribution in [0.1, 0.15) is 63.8 Å². The summed E-state index contributed by atoms with van der Waals surface area (Å²) < 4.78 is 6.41. The third-order valence-electron chi connectivity index (χ3n) is 8.32. The van der Waals surface area contributed by atoms with E-state index in [2.05, 4.69) is 122 Å². The number of hydrogen-bond donors (Lipinski definition) is 0. The van der Waals surface area contributed by atoms with E-state index >= 15 is 0 Å². The molecule has 0 spiro atoms. The third-order valence-corrected chi connectivity index (χ3v) is 10.3. The number of nitrogens with zero attached hydrogens (tertiary/aromatic N) is 3. The summed E-state index contributed by atoms with van der Waals surface area (Å²) in [5.74, 6) is 0. The van der Waals surface area contributed by atoms with Crippen molar-refractivity contribution in [2.45, 2.75) is 85.9 Å². The van der Waals surface area contributed by atoms with Gasteiger partial charge < -0.3 is 14.4 Å². The summed E-state index contributed by atoms with van der Waals surface area (Å²) >= 11 is 0. The zero-order chi connectivity index (χ0) is 32.7. The van der Waals surface area contributed by atoms with Gasteiger partial charge in [0, 0.05) is 52.2 Å². The van der Waals surface area contributed by atoms with E-state index < -0.39 is 8.07 Å². The number of aryl methyl sites for hydroxylation is 2. The molecule has 0 aliphatic heterocycles. The van der Waals surface area contributed by atoms with Crippen molar-refractivity contribution in [1.82, 2.24) is 15.0 Å². The summed E-state index contributed by atoms with van der Waals surface area (Å²) in [7, 11) is -1.65. The summed E-state index contributed by atoms with van der Waals surface area (Å²) in [5.41, 5.74) is 10.4. The Morgan fingerprint density at radius 1 is 0.739 bits per heavy atom. The topological polar surface area (TPSA) is 51.8 Å². The zero-order valence-electron chi connectivity index (χ0n) is 29.0. The van der Waals surface area contributed by atoms with Gasteiger partial charge in [0.15, 0.2) is 0 Å². The molecule has 0 unspecified atom stereocenters. The fourth-order valence-corrected chi connectivity index (χ4v) is 6.76. The van der Waals surface area contributed by atoms with Crippen molar-refractivity contribution in [3.63, 3.8) is 0 Å². The summed E-state index contributed by atoms with van der Waals surface area (Å²) in [5, 5.41) is 3.64. The first-order valence-corrected chi connectivity index (χ1v) is 19.2. The van der Waals surface area contributed by atoms with E-state index in [1.54, 1.807) is 0 Å². The normalized spacial score (nSPS) is 12.1. The van der Waals surface area contributed by atoms with Gasteiger partial charge in [-0.1, -0.05) is 89.8 Å². The second-order valence-corrected chi connectivity index (χ2v) is 20.1. The van der Waals surface area contributed by atoms with Crippen LogP contribution in [0.2, 0.25) is 19.6 Å². The molecular formula is C40H45IrN3OSi-2. The summed E-state index contributed by atoms with van der Waals surface area (Å²) in [6.07, 6.45) is 5.74. The first-order chi connectivity index (χ1) is 21.0. The Balaban J connectivity index is 0.000000268. The molecule has 6 rings (SSSR count). The van der Waals surface area contributed by atoms with Crippen LogP contribution in [-0.2, 0) is 30.9 Å². The maximum Gasteiger partial charge on any atom is 0.216 e. The molecule has 0 fully saturated rings. The van der Waals surface area contributed by atoms with Crippen molar-refractivity contribution >= 4 is 35.3 Å². The SMILES string of the molecule is CC(C)(C)c1ccnc(-c2[c-]cc([Si](C)(C)C)c3c2oc2ncc(C(C)(C)C)cc23)c1.Cc1cnc(-c2[c-]cccc2)cc1C.[Ir]. The van der Waals surface area contributed by atoms with E-state index in [1.807, 2.05) is 42.9 Å². The van der Waals surface area contributed by atoms with Gasteiger partial charge in [0.05, 0.1) is 5.58 Å². The maximum atomic E-state index is 6.41. The van der Waals surface area contributed by atoms with Gasteiger partial charge >= 0.3 is 0 Å². The number of benzene rings is 2. The predicted molar refractivity (Wildman–Crippen MR) is 192 cm³/mol. The van der Waals surface area contributed by atoms with Crippen LogP contribution in [0.15, 0.2) is 77.6 Å². The average molecular weight is 804 g/mol. The Morgan fingerprint density at radius 2 is 1.46 bits per heavy atom. The second kappa shape index (κ2) is 13.3. The molecule has 6 heteroatoms. The number of pyridine rings is 3. The monoisotopic (exact) mass is 804 g/mol. The van der Waals surface area contributed by atoms with Gasteiger partial charge in [0.25, 0.3) is 0 Å². The Hall–Kier alpha value is -3.44. The van der Waals surface area contributed by atoms with Gasteiger partial charge in [0.2, 0.25) is 5.71 Å². The Morgan fingerprint density at radius 3 is 2.07 bits per heavy atom. The van der Waals surface area contributed by atoms with Crippen molar-refractivity contribution in [3.8, 4) is 22.5 Å². The number of furan rings is 1. The molecule has 0 saturated carbocycles. The van der Waals surface area contributed by atoms with Crippen LogP contribution in [0.3, 0.4) is 0 Å². The largest absolute Gasteiger partial charge is 0.486 e. The second-order valence-electron chi connectivity index (χ2n) is 15.1. The number of rotatable bonds is 3. The average Bonchev–Trinajstić information content (AvgIpc) is 3.36. The molecule has 0 aliphatic carbocycles. The summed E-state index contributed by atoms with van der Waals surface area (Å²) in [4.78, 5) is 13.8. The van der Waals surface area contributed by atoms with E-state index in [0.717, 1.165) is 33.5 Å². The third kappa shape index (κ3) is 7.57. The Kier molecular flexibility index (Phi) is 10.3. The van der Waals surface area contributed by atoms with Gasteiger partial charge in [-0.15, -0.1) is 53.2 Å². The van der Waals surface area contributed by atoms with Crippen LogP contribution >= 0.6 is 0 Å². The zero-order valence-corrected chi connectivity index (χ0v) is 32.4. The van der Waals surface area contributed by atoms with E-state index in [-0.39, 0.29) is 30.9 Å². The van der Waals surface area contributed by atoms with Crippen LogP contribution in [-0.4, -0.2) is 23.0 Å². The molecule has 4 nitrogen and oxygen atoms in total. The molecule has 6 aromatic rings. The molecule has 0 bridgehead atoms. The molecular weight excluding hydrogens is 759 g/mol. The standard InChI is InChI=1S/C27H33N2OSi.C13H12N.Ir/c1-26(2,3)17-12-13-28-21(15-17)19-10-11-22(31(7,8)9)23-20-14-18(27(4,5)6)16-29-25(20)30-24(19)23;1-10-8-13(14-9-11(10)2)12-6-4-3-5-7-12;/h11-16H,1-9H3;3-6,8-9H,1-2H3;/q2*-1;. The van der Waals surface area contributed by atoms with Crippen LogP contribution in [0.4, 0.5) is 0 Å². The molecule has 0 aliphatic rings. The quantitative estimate of drug-likeness (QED) is 0.132. The minimum absolute atomic E-state index is 0. The molecule has 0 N–H and O–H groups in total. The van der Waals surface area contributed by atoms with Crippen LogP contribution in [0.5, 0.6) is 0 Å². The minimum atomic E-state index is -1.65. The fraction of sp³-hybridized carbons (Fsp3) is 0.325. The van der Waals surface area contributed by atoms with E-state index in [4.69, 9.17) is 14.4 Å². The Bertz CT molecular complexity index is 1980. The summed E-state index contributed by atoms with van der Waals surface area (Å²) in [6.45, 7) is 24.6. The molecule has 4 aromatic heterocycles. The number of hydrogen-bond acceptors (Lipinski definition) is 4. The molecule has 0 amide bonds. The van der Waals surface area contributed by atoms with Crippen molar-refractivity contribution in [2.24, 2.45) is 0 Å². The summed E-state index contributed by atoms with van der Waals surface area (Å²) in [6, 6.07) is 25.4. The molecule has 0 atom stereocenters. The first kappa shape index (κ1) is 35.4. The Labute approximate surface area is 289 Å². The van der Waals surface area contributed by atoms with Crippen molar-refractivity contribution in [1.29, 1.82) is 0 Å². The van der Waals surface area contributed by atoms with Gasteiger partial charge in [-0.2, -0.15) is 0 Å². The van der Waals surface area contributed by atoms with Gasteiger partial charge in [-0.25, -0.2) is 4.98 Å². The van der Waals surface area contributed by atoms with Crippen molar-refractivity contribution in [3.05, 3.63) is 108 Å².